The summed E-state index contributed by atoms with van der Waals surface area (Å²) in [6.07, 6.45) is 0. The van der Waals surface area contributed by atoms with E-state index in [0.717, 1.165) is 0 Å². The van der Waals surface area contributed by atoms with Gasteiger partial charge < -0.3 is 5.73 Å². The van der Waals surface area contributed by atoms with Gasteiger partial charge in [-0.1, -0.05) is 12.1 Å². The number of sulfonamides is 1. The molecule has 1 aromatic carbocycles. The molecule has 0 unspecified atom stereocenters. The number of carbonyl (C=O) groups is 2. The molecule has 1 aliphatic rings. The summed E-state index contributed by atoms with van der Waals surface area (Å²) >= 11 is 0. The molecule has 2 amide bonds. The second-order valence-corrected chi connectivity index (χ2v) is 5.11. The molecule has 2 rings (SSSR count). The lowest BCUT2D eigenvalue weighted by molar-refractivity contribution is -0.117. The normalized spacial score (nSPS) is 17.2. The summed E-state index contributed by atoms with van der Waals surface area (Å²) in [5.41, 5.74) is 4.97. The third-order valence-electron chi connectivity index (χ3n) is 2.21. The Hall–Kier alpha value is -1.89. The molecule has 1 aromatic rings. The third kappa shape index (κ3) is 1.36. The van der Waals surface area contributed by atoms with Gasteiger partial charge in [-0.3, -0.25) is 9.59 Å². The number of fused-ring (bicyclic) bond motifs is 1. The number of carbonyl (C=O) groups excluding carboxylic acids is 2. The van der Waals surface area contributed by atoms with E-state index >= 15 is 0 Å². The van der Waals surface area contributed by atoms with Gasteiger partial charge in [-0.2, -0.15) is 0 Å². The van der Waals surface area contributed by atoms with E-state index < -0.39 is 28.4 Å². The fourth-order valence-electron chi connectivity index (χ4n) is 1.53. The second kappa shape index (κ2) is 3.31. The molecular formula is C9H8N2O4S. The zero-order valence-electron chi connectivity index (χ0n) is 8.08. The molecule has 0 saturated carbocycles. The molecule has 0 atom stereocenters. The number of rotatable bonds is 2. The van der Waals surface area contributed by atoms with Crippen LogP contribution in [0.2, 0.25) is 0 Å². The van der Waals surface area contributed by atoms with E-state index in [0.29, 0.717) is 4.31 Å². The Morgan fingerprint density at radius 1 is 1.31 bits per heavy atom. The average Bonchev–Trinajstić information content (AvgIpc) is 2.41. The van der Waals surface area contributed by atoms with Crippen LogP contribution >= 0.6 is 0 Å². The smallest absolute Gasteiger partial charge is 0.269 e. The fraction of sp³-hybridized carbons (Fsp3) is 0.111. The first-order valence-corrected chi connectivity index (χ1v) is 5.83. The van der Waals surface area contributed by atoms with Gasteiger partial charge >= 0.3 is 0 Å². The SMILES string of the molecule is NC(=O)CN1C(=O)c2ccccc2S1(=O)=O. The maximum atomic E-state index is 11.8. The molecule has 7 heteroatoms. The topological polar surface area (TPSA) is 97.5 Å². The highest BCUT2D eigenvalue weighted by Crippen LogP contribution is 2.29. The summed E-state index contributed by atoms with van der Waals surface area (Å²) in [7, 11) is -3.91. The van der Waals surface area contributed by atoms with Crippen molar-refractivity contribution in [2.45, 2.75) is 4.90 Å². The molecule has 2 N–H and O–H groups in total. The predicted octanol–water partition coefficient (Wildman–Crippen LogP) is -0.684. The number of benzene rings is 1. The molecule has 1 aliphatic heterocycles. The lowest BCUT2D eigenvalue weighted by atomic mass is 10.2. The maximum absolute atomic E-state index is 11.8. The number of nitrogens with two attached hydrogens (primary N) is 1. The van der Waals surface area contributed by atoms with Gasteiger partial charge in [0.1, 0.15) is 11.4 Å². The highest BCUT2D eigenvalue weighted by molar-refractivity contribution is 7.90. The van der Waals surface area contributed by atoms with Gasteiger partial charge in [-0.15, -0.1) is 0 Å². The molecule has 84 valence electrons. The second-order valence-electron chi connectivity index (χ2n) is 3.28. The summed E-state index contributed by atoms with van der Waals surface area (Å²) < 4.78 is 24.1. The predicted molar refractivity (Wildman–Crippen MR) is 53.9 cm³/mol. The zero-order chi connectivity index (χ0) is 11.9. The third-order valence-corrected chi connectivity index (χ3v) is 4.00. The van der Waals surface area contributed by atoms with Crippen molar-refractivity contribution in [2.24, 2.45) is 5.73 Å². The van der Waals surface area contributed by atoms with Crippen LogP contribution in [0.5, 0.6) is 0 Å². The van der Waals surface area contributed by atoms with Crippen LogP contribution in [0, 0.1) is 0 Å². The van der Waals surface area contributed by atoms with Gasteiger partial charge in [0.25, 0.3) is 15.9 Å². The van der Waals surface area contributed by atoms with Gasteiger partial charge in [0.05, 0.1) is 5.56 Å². The summed E-state index contributed by atoms with van der Waals surface area (Å²) in [6.45, 7) is -0.629. The molecule has 0 aliphatic carbocycles. The van der Waals surface area contributed by atoms with Crippen molar-refractivity contribution in [3.63, 3.8) is 0 Å². The van der Waals surface area contributed by atoms with Crippen LogP contribution in [-0.4, -0.2) is 31.1 Å². The van der Waals surface area contributed by atoms with Gasteiger partial charge in [-0.25, -0.2) is 12.7 Å². The van der Waals surface area contributed by atoms with Crippen LogP contribution in [0.4, 0.5) is 0 Å². The molecule has 0 bridgehead atoms. The zero-order valence-corrected chi connectivity index (χ0v) is 8.90. The molecule has 0 spiro atoms. The first kappa shape index (κ1) is 10.6. The molecule has 0 aromatic heterocycles. The van der Waals surface area contributed by atoms with E-state index in [4.69, 9.17) is 5.73 Å². The largest absolute Gasteiger partial charge is 0.368 e. The van der Waals surface area contributed by atoms with Crippen LogP contribution in [0.25, 0.3) is 0 Å². The molecular weight excluding hydrogens is 232 g/mol. The average molecular weight is 240 g/mol. The highest BCUT2D eigenvalue weighted by Gasteiger charge is 2.41. The minimum absolute atomic E-state index is 0.0729. The number of primary amides is 1. The molecule has 0 radical (unpaired) electrons. The summed E-state index contributed by atoms with van der Waals surface area (Å²) in [6, 6.07) is 5.79. The van der Waals surface area contributed by atoms with E-state index in [1.807, 2.05) is 0 Å². The Balaban J connectivity index is 2.58. The maximum Gasteiger partial charge on any atom is 0.269 e. The van der Waals surface area contributed by atoms with E-state index in [1.165, 1.54) is 18.2 Å². The Bertz CT molecular complexity index is 579. The van der Waals surface area contributed by atoms with Crippen molar-refractivity contribution in [3.8, 4) is 0 Å². The lowest BCUT2D eigenvalue weighted by Gasteiger charge is -2.11. The first-order valence-electron chi connectivity index (χ1n) is 4.39. The molecule has 16 heavy (non-hydrogen) atoms. The molecule has 6 nitrogen and oxygen atoms in total. The standard InChI is InChI=1S/C9H8N2O4S/c10-8(12)5-11-9(13)6-3-1-2-4-7(6)16(11,14)15/h1-4H,5H2,(H2,10,12). The minimum Gasteiger partial charge on any atom is -0.368 e. The molecule has 0 saturated heterocycles. The Kier molecular flexibility index (Phi) is 2.20. The van der Waals surface area contributed by atoms with Crippen LogP contribution in [0.1, 0.15) is 10.4 Å². The number of amides is 2. The van der Waals surface area contributed by atoms with Crippen LogP contribution in [0.15, 0.2) is 29.2 Å². The number of nitrogens with zero attached hydrogens (tertiary/aromatic N) is 1. The van der Waals surface area contributed by atoms with E-state index in [2.05, 4.69) is 0 Å². The first-order chi connectivity index (χ1) is 7.44. The van der Waals surface area contributed by atoms with E-state index in [1.54, 1.807) is 6.07 Å². The Morgan fingerprint density at radius 3 is 2.50 bits per heavy atom. The van der Waals surface area contributed by atoms with Crippen LogP contribution in [0.3, 0.4) is 0 Å². The van der Waals surface area contributed by atoms with Crippen molar-refractivity contribution >= 4 is 21.8 Å². The number of hydrogen-bond acceptors (Lipinski definition) is 4. The van der Waals surface area contributed by atoms with Crippen molar-refractivity contribution < 1.29 is 18.0 Å². The lowest BCUT2D eigenvalue weighted by Crippen LogP contribution is -2.37. The monoisotopic (exact) mass is 240 g/mol. The highest BCUT2D eigenvalue weighted by atomic mass is 32.2. The Labute approximate surface area is 91.7 Å². The quantitative estimate of drug-likeness (QED) is 0.740. The minimum atomic E-state index is -3.91. The van der Waals surface area contributed by atoms with Crippen LogP contribution < -0.4 is 5.73 Å². The van der Waals surface area contributed by atoms with E-state index in [9.17, 15) is 18.0 Å². The summed E-state index contributed by atoms with van der Waals surface area (Å²) in [5, 5.41) is 0. The van der Waals surface area contributed by atoms with Crippen molar-refractivity contribution in [3.05, 3.63) is 29.8 Å². The van der Waals surface area contributed by atoms with Crippen LogP contribution in [-0.2, 0) is 14.8 Å². The van der Waals surface area contributed by atoms with E-state index in [-0.39, 0.29) is 10.5 Å². The van der Waals surface area contributed by atoms with Gasteiger partial charge in [-0.05, 0) is 12.1 Å². The fourth-order valence-corrected chi connectivity index (χ4v) is 3.06. The van der Waals surface area contributed by atoms with Gasteiger partial charge in [0.2, 0.25) is 5.91 Å². The Morgan fingerprint density at radius 2 is 1.94 bits per heavy atom. The van der Waals surface area contributed by atoms with Crippen molar-refractivity contribution in [2.75, 3.05) is 6.54 Å². The van der Waals surface area contributed by atoms with Gasteiger partial charge in [0.15, 0.2) is 0 Å². The molecule has 0 fully saturated rings. The summed E-state index contributed by atoms with van der Waals surface area (Å²) in [5.74, 6) is -1.58. The van der Waals surface area contributed by atoms with Crippen molar-refractivity contribution in [1.29, 1.82) is 0 Å². The molecule has 1 heterocycles. The van der Waals surface area contributed by atoms with Crippen molar-refractivity contribution in [1.82, 2.24) is 4.31 Å². The number of hydrogen-bond donors (Lipinski definition) is 1. The summed E-state index contributed by atoms with van der Waals surface area (Å²) in [4.78, 5) is 22.3. The van der Waals surface area contributed by atoms with Gasteiger partial charge in [0, 0.05) is 0 Å².